The van der Waals surface area contributed by atoms with Gasteiger partial charge in [0.15, 0.2) is 5.78 Å². The number of ether oxygens (including phenoxy) is 1. The molecule has 1 aromatic rings. The number of rotatable bonds is 7. The third-order valence-corrected chi connectivity index (χ3v) is 3.33. The summed E-state index contributed by atoms with van der Waals surface area (Å²) in [5.74, 6) is -0.204. The molecule has 3 heteroatoms. The molecule has 1 heterocycles. The maximum Gasteiger partial charge on any atom is 0.188 e. The molecule has 0 amide bonds. The molecule has 2 rings (SSSR count). The number of Topliss-reactive ketones (excluding diaryl/α,β-unsaturated/α-hetero) is 1. The standard InChI is InChI=1S/C15H20O3/c1-2-3-12-8-13(15(17)9-16)5-4-11(12)6-7-14-10-18-14/h4-5,8,14,16H,2-3,6-7,9-10H2,1H3. The number of carbonyl (C=O) groups excluding carboxylic acids is 1. The highest BCUT2D eigenvalue weighted by Crippen LogP contribution is 2.21. The fourth-order valence-corrected chi connectivity index (χ4v) is 2.19. The molecule has 18 heavy (non-hydrogen) atoms. The number of hydrogen-bond acceptors (Lipinski definition) is 3. The van der Waals surface area contributed by atoms with Crippen LogP contribution in [-0.2, 0) is 17.6 Å². The Morgan fingerprint density at radius 2 is 2.17 bits per heavy atom. The van der Waals surface area contributed by atoms with E-state index in [4.69, 9.17) is 9.84 Å². The van der Waals surface area contributed by atoms with Gasteiger partial charge in [-0.1, -0.05) is 25.5 Å². The molecule has 1 aromatic carbocycles. The lowest BCUT2D eigenvalue weighted by molar-refractivity contribution is 0.0903. The Bertz CT molecular complexity index is 422. The topological polar surface area (TPSA) is 49.8 Å². The minimum Gasteiger partial charge on any atom is -0.388 e. The molecule has 1 atom stereocenters. The minimum absolute atomic E-state index is 0.204. The van der Waals surface area contributed by atoms with Crippen molar-refractivity contribution in [1.82, 2.24) is 0 Å². The van der Waals surface area contributed by atoms with Crippen LogP contribution in [0.15, 0.2) is 18.2 Å². The van der Waals surface area contributed by atoms with E-state index in [1.807, 2.05) is 18.2 Å². The molecule has 3 nitrogen and oxygen atoms in total. The van der Waals surface area contributed by atoms with E-state index in [9.17, 15) is 4.79 Å². The SMILES string of the molecule is CCCc1cc(C(=O)CO)ccc1CCC1CO1. The maximum atomic E-state index is 11.5. The van der Waals surface area contributed by atoms with Crippen molar-refractivity contribution in [3.8, 4) is 0 Å². The number of hydrogen-bond donors (Lipinski definition) is 1. The molecular formula is C15H20O3. The summed E-state index contributed by atoms with van der Waals surface area (Å²) in [6.45, 7) is 2.61. The van der Waals surface area contributed by atoms with Crippen molar-refractivity contribution < 1.29 is 14.6 Å². The summed E-state index contributed by atoms with van der Waals surface area (Å²) in [6.07, 6.45) is 4.55. The van der Waals surface area contributed by atoms with Gasteiger partial charge in [0.25, 0.3) is 0 Å². The molecule has 0 saturated carbocycles. The van der Waals surface area contributed by atoms with Crippen LogP contribution in [0.4, 0.5) is 0 Å². The summed E-state index contributed by atoms with van der Waals surface area (Å²) in [6, 6.07) is 5.78. The first-order valence-corrected chi connectivity index (χ1v) is 6.62. The molecule has 98 valence electrons. The molecule has 0 spiro atoms. The second-order valence-electron chi connectivity index (χ2n) is 4.81. The minimum atomic E-state index is -0.416. The summed E-state index contributed by atoms with van der Waals surface area (Å²) < 4.78 is 5.22. The predicted octanol–water partition coefficient (Wildman–Crippen LogP) is 2.15. The van der Waals surface area contributed by atoms with E-state index in [2.05, 4.69) is 6.92 Å². The van der Waals surface area contributed by atoms with E-state index in [0.29, 0.717) is 11.7 Å². The number of benzene rings is 1. The van der Waals surface area contributed by atoms with E-state index >= 15 is 0 Å². The summed E-state index contributed by atoms with van der Waals surface area (Å²) >= 11 is 0. The Kier molecular flexibility index (Phi) is 4.50. The predicted molar refractivity (Wildman–Crippen MR) is 69.9 cm³/mol. The quantitative estimate of drug-likeness (QED) is 0.594. The molecular weight excluding hydrogens is 228 g/mol. The molecule has 1 aliphatic rings. The van der Waals surface area contributed by atoms with Gasteiger partial charge in [-0.3, -0.25) is 4.79 Å². The Hall–Kier alpha value is -1.19. The highest BCUT2D eigenvalue weighted by Gasteiger charge is 2.22. The second kappa shape index (κ2) is 6.12. The highest BCUT2D eigenvalue weighted by molar-refractivity contribution is 5.97. The van der Waals surface area contributed by atoms with Crippen molar-refractivity contribution in [2.24, 2.45) is 0 Å². The van der Waals surface area contributed by atoms with Crippen molar-refractivity contribution in [1.29, 1.82) is 0 Å². The average Bonchev–Trinajstić information content (AvgIpc) is 3.20. The van der Waals surface area contributed by atoms with Crippen LogP contribution in [0.1, 0.15) is 41.3 Å². The second-order valence-corrected chi connectivity index (χ2v) is 4.81. The molecule has 0 aromatic heterocycles. The first-order valence-electron chi connectivity index (χ1n) is 6.62. The Labute approximate surface area is 108 Å². The van der Waals surface area contributed by atoms with Crippen LogP contribution in [0.5, 0.6) is 0 Å². The van der Waals surface area contributed by atoms with E-state index in [-0.39, 0.29) is 5.78 Å². The molecule has 0 bridgehead atoms. The van der Waals surface area contributed by atoms with Crippen LogP contribution in [-0.4, -0.2) is 30.2 Å². The van der Waals surface area contributed by atoms with Gasteiger partial charge in [-0.15, -0.1) is 0 Å². The van der Waals surface area contributed by atoms with E-state index < -0.39 is 6.61 Å². The van der Waals surface area contributed by atoms with Crippen molar-refractivity contribution in [3.05, 3.63) is 34.9 Å². The normalized spacial score (nSPS) is 17.8. The van der Waals surface area contributed by atoms with E-state index in [1.54, 1.807) is 0 Å². The molecule has 0 radical (unpaired) electrons. The van der Waals surface area contributed by atoms with Crippen LogP contribution >= 0.6 is 0 Å². The van der Waals surface area contributed by atoms with Gasteiger partial charge in [0, 0.05) is 5.56 Å². The van der Waals surface area contributed by atoms with Crippen LogP contribution in [0.2, 0.25) is 0 Å². The fourth-order valence-electron chi connectivity index (χ4n) is 2.19. The largest absolute Gasteiger partial charge is 0.388 e. The van der Waals surface area contributed by atoms with Crippen LogP contribution < -0.4 is 0 Å². The van der Waals surface area contributed by atoms with Gasteiger partial charge < -0.3 is 9.84 Å². The zero-order chi connectivity index (χ0) is 13.0. The number of aryl methyl sites for hydroxylation is 2. The van der Waals surface area contributed by atoms with Crippen LogP contribution in [0.3, 0.4) is 0 Å². The van der Waals surface area contributed by atoms with Crippen molar-refractivity contribution in [2.75, 3.05) is 13.2 Å². The lowest BCUT2D eigenvalue weighted by Gasteiger charge is -2.10. The monoisotopic (exact) mass is 248 g/mol. The van der Waals surface area contributed by atoms with E-state index in [1.165, 1.54) is 11.1 Å². The first kappa shape index (κ1) is 13.2. The average molecular weight is 248 g/mol. The van der Waals surface area contributed by atoms with Crippen molar-refractivity contribution in [2.45, 2.75) is 38.7 Å². The Balaban J connectivity index is 2.13. The summed E-state index contributed by atoms with van der Waals surface area (Å²) in [4.78, 5) is 11.5. The van der Waals surface area contributed by atoms with Gasteiger partial charge in [0.05, 0.1) is 12.7 Å². The summed E-state index contributed by atoms with van der Waals surface area (Å²) in [5.41, 5.74) is 3.16. The van der Waals surface area contributed by atoms with Gasteiger partial charge in [0.2, 0.25) is 0 Å². The molecule has 1 unspecified atom stereocenters. The molecule has 0 aliphatic carbocycles. The zero-order valence-corrected chi connectivity index (χ0v) is 10.8. The number of carbonyl (C=O) groups is 1. The molecule has 1 fully saturated rings. The number of epoxide rings is 1. The molecule has 1 N–H and O–H groups in total. The first-order chi connectivity index (χ1) is 8.74. The highest BCUT2D eigenvalue weighted by atomic mass is 16.6. The zero-order valence-electron chi connectivity index (χ0n) is 10.8. The van der Waals surface area contributed by atoms with Gasteiger partial charge in [-0.2, -0.15) is 0 Å². The molecule has 1 aliphatic heterocycles. The van der Waals surface area contributed by atoms with Crippen molar-refractivity contribution >= 4 is 5.78 Å². The third-order valence-electron chi connectivity index (χ3n) is 3.33. The lowest BCUT2D eigenvalue weighted by atomic mass is 9.95. The number of ketones is 1. The van der Waals surface area contributed by atoms with Crippen LogP contribution in [0, 0.1) is 0 Å². The summed E-state index contributed by atoms with van der Waals surface area (Å²) in [7, 11) is 0. The van der Waals surface area contributed by atoms with Gasteiger partial charge in [-0.25, -0.2) is 0 Å². The van der Waals surface area contributed by atoms with Gasteiger partial charge in [0.1, 0.15) is 6.61 Å². The smallest absolute Gasteiger partial charge is 0.188 e. The van der Waals surface area contributed by atoms with Crippen molar-refractivity contribution in [3.63, 3.8) is 0 Å². The summed E-state index contributed by atoms with van der Waals surface area (Å²) in [5, 5.41) is 8.90. The maximum absolute atomic E-state index is 11.5. The Morgan fingerprint density at radius 1 is 1.39 bits per heavy atom. The van der Waals surface area contributed by atoms with Crippen LogP contribution in [0.25, 0.3) is 0 Å². The number of aliphatic hydroxyl groups is 1. The van der Waals surface area contributed by atoms with E-state index in [0.717, 1.165) is 32.3 Å². The van der Waals surface area contributed by atoms with Gasteiger partial charge in [-0.05, 0) is 36.5 Å². The fraction of sp³-hybridized carbons (Fsp3) is 0.533. The third kappa shape index (κ3) is 3.40. The molecule has 1 saturated heterocycles. The van der Waals surface area contributed by atoms with Gasteiger partial charge >= 0.3 is 0 Å². The lowest BCUT2D eigenvalue weighted by Crippen LogP contribution is -2.06. The Morgan fingerprint density at radius 3 is 2.78 bits per heavy atom. The number of aliphatic hydroxyl groups excluding tert-OH is 1.